The molecule has 0 N–H and O–H groups in total. The van der Waals surface area contributed by atoms with E-state index >= 15 is 0 Å². The van der Waals surface area contributed by atoms with Gasteiger partial charge in [0.15, 0.2) is 16.4 Å². The Morgan fingerprint density at radius 1 is 1.04 bits per heavy atom. The van der Waals surface area contributed by atoms with E-state index in [1.807, 2.05) is 12.1 Å². The number of fused-ring (bicyclic) bond motifs is 1. The van der Waals surface area contributed by atoms with Crippen molar-refractivity contribution in [2.45, 2.75) is 57.0 Å². The summed E-state index contributed by atoms with van der Waals surface area (Å²) in [5.41, 5.74) is 2.96. The Morgan fingerprint density at radius 2 is 1.78 bits per heavy atom. The Labute approximate surface area is 159 Å². The molecule has 1 aromatic carbocycles. The third-order valence-electron chi connectivity index (χ3n) is 5.74. The number of amides is 1. The molecule has 4 rings (SSSR count). The number of aryl methyl sites for hydroxylation is 2. The van der Waals surface area contributed by atoms with Crippen LogP contribution < -0.4 is 0 Å². The predicted molar refractivity (Wildman–Crippen MR) is 100 cm³/mol. The number of esters is 1. The molecule has 1 atom stereocenters. The predicted octanol–water partition coefficient (Wildman–Crippen LogP) is 1.90. The van der Waals surface area contributed by atoms with Gasteiger partial charge in [0.25, 0.3) is 5.91 Å². The summed E-state index contributed by atoms with van der Waals surface area (Å²) in [6.07, 6.45) is 6.58. The van der Waals surface area contributed by atoms with E-state index in [-0.39, 0.29) is 36.1 Å². The van der Waals surface area contributed by atoms with E-state index in [9.17, 15) is 18.0 Å². The fraction of sp³-hybridized carbons (Fsp3) is 0.600. The van der Waals surface area contributed by atoms with Crippen LogP contribution in [0.15, 0.2) is 18.2 Å². The summed E-state index contributed by atoms with van der Waals surface area (Å²) in [6.45, 7) is -0.330. The fourth-order valence-corrected chi connectivity index (χ4v) is 5.91. The van der Waals surface area contributed by atoms with Crippen molar-refractivity contribution in [3.05, 3.63) is 34.9 Å². The monoisotopic (exact) mass is 391 g/mol. The van der Waals surface area contributed by atoms with Crippen molar-refractivity contribution in [3.63, 3.8) is 0 Å². The summed E-state index contributed by atoms with van der Waals surface area (Å²) in [7, 11) is -3.06. The Morgan fingerprint density at radius 3 is 2.44 bits per heavy atom. The number of nitrogens with zero attached hydrogens (tertiary/aromatic N) is 1. The Kier molecular flexibility index (Phi) is 4.97. The van der Waals surface area contributed by atoms with E-state index in [0.717, 1.165) is 32.1 Å². The molecule has 6 nitrogen and oxygen atoms in total. The van der Waals surface area contributed by atoms with Crippen LogP contribution in [-0.2, 0) is 32.2 Å². The van der Waals surface area contributed by atoms with E-state index in [4.69, 9.17) is 4.74 Å². The number of rotatable bonds is 5. The van der Waals surface area contributed by atoms with Gasteiger partial charge in [-0.05, 0) is 68.2 Å². The quantitative estimate of drug-likeness (QED) is 0.716. The summed E-state index contributed by atoms with van der Waals surface area (Å²) in [4.78, 5) is 26.7. The van der Waals surface area contributed by atoms with Gasteiger partial charge in [0.2, 0.25) is 0 Å². The molecule has 0 radical (unpaired) electrons. The lowest BCUT2D eigenvalue weighted by Gasteiger charge is -2.28. The number of benzene rings is 1. The summed E-state index contributed by atoms with van der Waals surface area (Å²) < 4.78 is 28.8. The standard InChI is InChI=1S/C20H25NO5S/c22-19(21(17-7-8-17)18-9-10-27(24,25)13-18)12-26-20(23)16-6-5-14-3-1-2-4-15(14)11-16/h5-6,11,17-18H,1-4,7-10,12-13H2/t18-/m0/s1. The highest BCUT2D eigenvalue weighted by Crippen LogP contribution is 2.32. The van der Waals surface area contributed by atoms with Crippen LogP contribution in [0.2, 0.25) is 0 Å². The molecule has 146 valence electrons. The minimum atomic E-state index is -3.06. The number of sulfone groups is 1. The number of carbonyl (C=O) groups excluding carboxylic acids is 2. The molecular weight excluding hydrogens is 366 g/mol. The highest BCUT2D eigenvalue weighted by atomic mass is 32.2. The topological polar surface area (TPSA) is 80.8 Å². The van der Waals surface area contributed by atoms with Crippen LogP contribution in [0.25, 0.3) is 0 Å². The summed E-state index contributed by atoms with van der Waals surface area (Å²) in [6, 6.07) is 5.44. The molecule has 1 saturated heterocycles. The van der Waals surface area contributed by atoms with Gasteiger partial charge >= 0.3 is 5.97 Å². The van der Waals surface area contributed by atoms with Gasteiger partial charge in [-0.2, -0.15) is 0 Å². The highest BCUT2D eigenvalue weighted by Gasteiger charge is 2.42. The Balaban J connectivity index is 1.38. The van der Waals surface area contributed by atoms with Gasteiger partial charge < -0.3 is 9.64 Å². The number of hydrogen-bond donors (Lipinski definition) is 0. The van der Waals surface area contributed by atoms with E-state index < -0.39 is 15.8 Å². The molecule has 27 heavy (non-hydrogen) atoms. The van der Waals surface area contributed by atoms with E-state index in [0.29, 0.717) is 12.0 Å². The van der Waals surface area contributed by atoms with Gasteiger partial charge in [0.1, 0.15) is 0 Å². The number of ether oxygens (including phenoxy) is 1. The second-order valence-corrected chi connectivity index (χ2v) is 10.1. The Bertz CT molecular complexity index is 859. The first-order chi connectivity index (χ1) is 12.9. The average molecular weight is 391 g/mol. The second kappa shape index (κ2) is 7.26. The number of carbonyl (C=O) groups is 2. The van der Waals surface area contributed by atoms with Crippen LogP contribution in [0.3, 0.4) is 0 Å². The molecule has 2 fully saturated rings. The van der Waals surface area contributed by atoms with Gasteiger partial charge in [0.05, 0.1) is 17.1 Å². The van der Waals surface area contributed by atoms with Crippen molar-refractivity contribution >= 4 is 21.7 Å². The third-order valence-corrected chi connectivity index (χ3v) is 7.49. The molecule has 1 amide bonds. The van der Waals surface area contributed by atoms with Gasteiger partial charge in [-0.15, -0.1) is 0 Å². The largest absolute Gasteiger partial charge is 0.452 e. The van der Waals surface area contributed by atoms with Crippen molar-refractivity contribution in [1.29, 1.82) is 0 Å². The molecule has 0 aromatic heterocycles. The van der Waals surface area contributed by atoms with Crippen molar-refractivity contribution in [3.8, 4) is 0 Å². The second-order valence-electron chi connectivity index (χ2n) is 7.86. The van der Waals surface area contributed by atoms with Crippen molar-refractivity contribution in [2.24, 2.45) is 0 Å². The molecular formula is C20H25NO5S. The highest BCUT2D eigenvalue weighted by molar-refractivity contribution is 7.91. The lowest BCUT2D eigenvalue weighted by molar-refractivity contribution is -0.137. The molecule has 1 aromatic rings. The van der Waals surface area contributed by atoms with Crippen LogP contribution in [0.4, 0.5) is 0 Å². The maximum Gasteiger partial charge on any atom is 0.338 e. The van der Waals surface area contributed by atoms with E-state index in [1.54, 1.807) is 11.0 Å². The zero-order valence-corrected chi connectivity index (χ0v) is 16.2. The van der Waals surface area contributed by atoms with Crippen LogP contribution in [0.5, 0.6) is 0 Å². The lowest BCUT2D eigenvalue weighted by atomic mass is 9.90. The Hall–Kier alpha value is -1.89. The third kappa shape index (κ3) is 4.18. The molecule has 0 unspecified atom stereocenters. The fourth-order valence-electron chi connectivity index (χ4n) is 4.20. The van der Waals surface area contributed by atoms with Crippen LogP contribution >= 0.6 is 0 Å². The summed E-state index contributed by atoms with van der Waals surface area (Å²) in [5, 5.41) is 0. The zero-order chi connectivity index (χ0) is 19.0. The molecule has 7 heteroatoms. The van der Waals surface area contributed by atoms with Crippen LogP contribution in [0, 0.1) is 0 Å². The summed E-state index contributed by atoms with van der Waals surface area (Å²) >= 11 is 0. The van der Waals surface area contributed by atoms with Crippen LogP contribution in [-0.4, -0.2) is 55.4 Å². The van der Waals surface area contributed by atoms with E-state index in [2.05, 4.69) is 0 Å². The molecule has 2 aliphatic carbocycles. The maximum atomic E-state index is 12.6. The first kappa shape index (κ1) is 18.5. The molecule has 1 saturated carbocycles. The van der Waals surface area contributed by atoms with Crippen LogP contribution in [0.1, 0.15) is 53.6 Å². The van der Waals surface area contributed by atoms with Gasteiger partial charge in [-0.1, -0.05) is 6.07 Å². The van der Waals surface area contributed by atoms with Gasteiger partial charge in [-0.3, -0.25) is 4.79 Å². The molecule has 0 bridgehead atoms. The first-order valence-corrected chi connectivity index (χ1v) is 11.6. The molecule has 1 heterocycles. The first-order valence-electron chi connectivity index (χ1n) is 9.73. The molecule has 0 spiro atoms. The van der Waals surface area contributed by atoms with Crippen molar-refractivity contribution in [2.75, 3.05) is 18.1 Å². The van der Waals surface area contributed by atoms with Crippen molar-refractivity contribution in [1.82, 2.24) is 4.90 Å². The minimum Gasteiger partial charge on any atom is -0.452 e. The number of hydrogen-bond acceptors (Lipinski definition) is 5. The van der Waals surface area contributed by atoms with Crippen molar-refractivity contribution < 1.29 is 22.7 Å². The maximum absolute atomic E-state index is 12.6. The summed E-state index contributed by atoms with van der Waals surface area (Å²) in [5.74, 6) is -0.630. The lowest BCUT2D eigenvalue weighted by Crippen LogP contribution is -2.44. The molecule has 3 aliphatic rings. The van der Waals surface area contributed by atoms with Gasteiger partial charge in [0, 0.05) is 12.1 Å². The SMILES string of the molecule is O=C(OCC(=O)N(C1CC1)[C@H]1CCS(=O)(=O)C1)c1ccc2c(c1)CCCC2. The minimum absolute atomic E-state index is 0.0218. The van der Waals surface area contributed by atoms with Gasteiger partial charge in [-0.25, -0.2) is 13.2 Å². The zero-order valence-electron chi connectivity index (χ0n) is 15.4. The molecule has 1 aliphatic heterocycles. The van der Waals surface area contributed by atoms with E-state index in [1.165, 1.54) is 17.5 Å². The average Bonchev–Trinajstić information content (AvgIpc) is 3.42. The smallest absolute Gasteiger partial charge is 0.338 e. The normalized spacial score (nSPS) is 23.5.